The van der Waals surface area contributed by atoms with Crippen LogP contribution in [0.3, 0.4) is 0 Å². The number of nitrogens with one attached hydrogen (secondary N) is 1. The van der Waals surface area contributed by atoms with Crippen molar-refractivity contribution < 1.29 is 23.9 Å². The van der Waals surface area contributed by atoms with E-state index in [0.29, 0.717) is 35.6 Å². The van der Waals surface area contributed by atoms with Crippen molar-refractivity contribution in [3.05, 3.63) is 50.3 Å². The number of methoxy groups -OCH3 is 1. The van der Waals surface area contributed by atoms with E-state index in [1.165, 1.54) is 18.4 Å². The molecule has 0 atom stereocenters. The van der Waals surface area contributed by atoms with E-state index >= 15 is 0 Å². The second kappa shape index (κ2) is 8.74. The Bertz CT molecular complexity index is 927. The van der Waals surface area contributed by atoms with Crippen LogP contribution in [0.1, 0.15) is 38.1 Å². The predicted octanol–water partition coefficient (Wildman–Crippen LogP) is 4.06. The number of carbonyl (C=O) groups excluding carboxylic acids is 3. The minimum Gasteiger partial charge on any atom is -0.462 e. The molecule has 0 radical (unpaired) electrons. The van der Waals surface area contributed by atoms with Gasteiger partial charge in [-0.05, 0) is 37.1 Å². The first-order chi connectivity index (χ1) is 13.4. The minimum atomic E-state index is -0.476. The van der Waals surface area contributed by atoms with E-state index in [4.69, 9.17) is 9.47 Å². The molecule has 0 saturated carbocycles. The highest BCUT2D eigenvalue weighted by molar-refractivity contribution is 9.10. The van der Waals surface area contributed by atoms with E-state index in [1.807, 2.05) is 6.07 Å². The Hall–Kier alpha value is -2.39. The van der Waals surface area contributed by atoms with E-state index in [9.17, 15) is 14.4 Å². The van der Waals surface area contributed by atoms with Crippen LogP contribution in [0.25, 0.3) is 0 Å². The fourth-order valence-electron chi connectivity index (χ4n) is 3.00. The second-order valence-electron chi connectivity index (χ2n) is 6.03. The summed E-state index contributed by atoms with van der Waals surface area (Å²) >= 11 is 4.63. The lowest BCUT2D eigenvalue weighted by Gasteiger charge is -2.25. The van der Waals surface area contributed by atoms with Gasteiger partial charge in [0.05, 0.1) is 25.8 Å². The van der Waals surface area contributed by atoms with E-state index in [0.717, 1.165) is 14.9 Å². The molecule has 2 aromatic rings. The average Bonchev–Trinajstić information content (AvgIpc) is 3.04. The maximum absolute atomic E-state index is 12.7. The Morgan fingerprint density at radius 3 is 2.79 bits per heavy atom. The van der Waals surface area contributed by atoms with Crippen LogP contribution in [-0.4, -0.2) is 43.1 Å². The first kappa shape index (κ1) is 20.3. The third kappa shape index (κ3) is 4.20. The molecule has 9 heteroatoms. The molecular weight excluding hydrogens is 448 g/mol. The summed E-state index contributed by atoms with van der Waals surface area (Å²) in [5.74, 6) is -0.800. The predicted molar refractivity (Wildman–Crippen MR) is 109 cm³/mol. The Balaban J connectivity index is 1.94. The zero-order valence-electron chi connectivity index (χ0n) is 15.4. The summed E-state index contributed by atoms with van der Waals surface area (Å²) in [5, 5.41) is 3.26. The average molecular weight is 467 g/mol. The number of ether oxygens (including phenoxy) is 2. The van der Waals surface area contributed by atoms with Crippen LogP contribution in [0.4, 0.5) is 9.80 Å². The van der Waals surface area contributed by atoms with Gasteiger partial charge in [0.15, 0.2) is 0 Å². The number of thiophene rings is 1. The highest BCUT2D eigenvalue weighted by atomic mass is 79.9. The first-order valence-corrected chi connectivity index (χ1v) is 10.3. The molecule has 1 N–H and O–H groups in total. The lowest BCUT2D eigenvalue weighted by Crippen LogP contribution is -2.35. The van der Waals surface area contributed by atoms with Crippen molar-refractivity contribution in [3.63, 3.8) is 0 Å². The monoisotopic (exact) mass is 466 g/mol. The fourth-order valence-corrected chi connectivity index (χ4v) is 4.65. The van der Waals surface area contributed by atoms with Crippen LogP contribution in [0, 0.1) is 0 Å². The molecule has 0 unspecified atom stereocenters. The SMILES string of the molecule is CCOC(=O)c1c(NC(=O)c2cccc(Br)c2)sc2c1CCN(C(=O)OC)C2. The van der Waals surface area contributed by atoms with Gasteiger partial charge in [0.2, 0.25) is 0 Å². The van der Waals surface area contributed by atoms with E-state index in [1.54, 1.807) is 30.0 Å². The summed E-state index contributed by atoms with van der Waals surface area (Å²) in [6.45, 7) is 2.72. The number of hydrogen-bond donors (Lipinski definition) is 1. The molecule has 2 amide bonds. The number of esters is 1. The van der Waals surface area contributed by atoms with Crippen LogP contribution >= 0.6 is 27.3 Å². The van der Waals surface area contributed by atoms with Crippen molar-refractivity contribution in [2.24, 2.45) is 0 Å². The molecule has 1 aliphatic heterocycles. The summed E-state index contributed by atoms with van der Waals surface area (Å²) in [6.07, 6.45) is 0.0680. The Labute approximate surface area is 174 Å². The van der Waals surface area contributed by atoms with Crippen molar-refractivity contribution >= 4 is 50.2 Å². The lowest BCUT2D eigenvalue weighted by atomic mass is 10.0. The molecule has 1 aliphatic rings. The summed E-state index contributed by atoms with van der Waals surface area (Å²) in [4.78, 5) is 39.5. The molecule has 0 spiro atoms. The molecule has 2 heterocycles. The molecule has 0 fully saturated rings. The number of hydrogen-bond acceptors (Lipinski definition) is 6. The van der Waals surface area contributed by atoms with Gasteiger partial charge in [0.25, 0.3) is 5.91 Å². The number of fused-ring (bicyclic) bond motifs is 1. The molecule has 0 bridgehead atoms. The van der Waals surface area contributed by atoms with Gasteiger partial charge in [0, 0.05) is 21.5 Å². The molecule has 28 heavy (non-hydrogen) atoms. The van der Waals surface area contributed by atoms with Crippen LogP contribution in [0.5, 0.6) is 0 Å². The molecular formula is C19H19BrN2O5S. The van der Waals surface area contributed by atoms with Gasteiger partial charge < -0.3 is 19.7 Å². The van der Waals surface area contributed by atoms with Crippen LogP contribution < -0.4 is 5.32 Å². The topological polar surface area (TPSA) is 84.9 Å². The fraction of sp³-hybridized carbons (Fsp3) is 0.316. The van der Waals surface area contributed by atoms with Crippen molar-refractivity contribution in [2.45, 2.75) is 19.9 Å². The van der Waals surface area contributed by atoms with Gasteiger partial charge >= 0.3 is 12.1 Å². The first-order valence-electron chi connectivity index (χ1n) is 8.66. The van der Waals surface area contributed by atoms with Crippen molar-refractivity contribution in [2.75, 3.05) is 25.6 Å². The third-order valence-corrected chi connectivity index (χ3v) is 5.91. The largest absolute Gasteiger partial charge is 0.462 e. The number of anilines is 1. The molecule has 0 saturated heterocycles. The van der Waals surface area contributed by atoms with Crippen molar-refractivity contribution in [1.29, 1.82) is 0 Å². The molecule has 7 nitrogen and oxygen atoms in total. The van der Waals surface area contributed by atoms with Crippen molar-refractivity contribution in [3.8, 4) is 0 Å². The standard InChI is InChI=1S/C19H19BrN2O5S/c1-3-27-18(24)15-13-7-8-22(19(25)26-2)10-14(13)28-17(15)21-16(23)11-5-4-6-12(20)9-11/h4-6,9H,3,7-8,10H2,1-2H3,(H,21,23). The number of halogens is 1. The van der Waals surface area contributed by atoms with Gasteiger partial charge in [-0.25, -0.2) is 9.59 Å². The summed E-state index contributed by atoms with van der Waals surface area (Å²) in [5.41, 5.74) is 1.65. The highest BCUT2D eigenvalue weighted by Crippen LogP contribution is 2.38. The number of benzene rings is 1. The van der Waals surface area contributed by atoms with E-state index in [2.05, 4.69) is 21.2 Å². The van der Waals surface area contributed by atoms with Gasteiger partial charge in [0.1, 0.15) is 5.00 Å². The van der Waals surface area contributed by atoms with Gasteiger partial charge in [-0.3, -0.25) is 4.79 Å². The van der Waals surface area contributed by atoms with E-state index < -0.39 is 12.1 Å². The normalized spacial score (nSPS) is 12.9. The van der Waals surface area contributed by atoms with Gasteiger partial charge in [-0.15, -0.1) is 11.3 Å². The molecule has 1 aromatic carbocycles. The Morgan fingerprint density at radius 2 is 2.11 bits per heavy atom. The molecule has 148 valence electrons. The highest BCUT2D eigenvalue weighted by Gasteiger charge is 2.31. The zero-order valence-corrected chi connectivity index (χ0v) is 17.8. The minimum absolute atomic E-state index is 0.233. The smallest absolute Gasteiger partial charge is 0.409 e. The molecule has 3 rings (SSSR count). The third-order valence-electron chi connectivity index (χ3n) is 4.28. The number of amides is 2. The van der Waals surface area contributed by atoms with Gasteiger partial charge in [-0.1, -0.05) is 22.0 Å². The maximum Gasteiger partial charge on any atom is 0.409 e. The van der Waals surface area contributed by atoms with Crippen LogP contribution in [0.15, 0.2) is 28.7 Å². The summed E-state index contributed by atoms with van der Waals surface area (Å²) in [7, 11) is 1.33. The Kier molecular flexibility index (Phi) is 6.35. The number of nitrogens with zero attached hydrogens (tertiary/aromatic N) is 1. The van der Waals surface area contributed by atoms with Crippen LogP contribution in [0.2, 0.25) is 0 Å². The van der Waals surface area contributed by atoms with E-state index in [-0.39, 0.29) is 12.5 Å². The Morgan fingerprint density at radius 1 is 1.32 bits per heavy atom. The summed E-state index contributed by atoms with van der Waals surface area (Å²) in [6, 6.07) is 6.98. The quantitative estimate of drug-likeness (QED) is 0.686. The second-order valence-corrected chi connectivity index (χ2v) is 8.06. The van der Waals surface area contributed by atoms with Crippen molar-refractivity contribution in [1.82, 2.24) is 4.90 Å². The molecule has 1 aromatic heterocycles. The number of rotatable bonds is 4. The van der Waals surface area contributed by atoms with Crippen LogP contribution in [-0.2, 0) is 22.4 Å². The number of carbonyl (C=O) groups is 3. The summed E-state index contributed by atoms with van der Waals surface area (Å²) < 4.78 is 10.8. The molecule has 0 aliphatic carbocycles. The zero-order chi connectivity index (χ0) is 20.3. The van der Waals surface area contributed by atoms with Gasteiger partial charge in [-0.2, -0.15) is 0 Å². The maximum atomic E-state index is 12.7. The lowest BCUT2D eigenvalue weighted by molar-refractivity contribution is 0.0526.